The topological polar surface area (TPSA) is 70.7 Å². The molecule has 6 nitrogen and oxygen atoms in total. The first kappa shape index (κ1) is 23.4. The van der Waals surface area contributed by atoms with Crippen molar-refractivity contribution in [3.05, 3.63) is 65.5 Å². The lowest BCUT2D eigenvalue weighted by Crippen LogP contribution is -2.43. The number of anilines is 1. The maximum Gasteiger partial charge on any atom is 0.251 e. The minimum atomic E-state index is -0.282. The highest BCUT2D eigenvalue weighted by molar-refractivity contribution is 5.97. The second kappa shape index (κ2) is 11.4. The van der Waals surface area contributed by atoms with Crippen LogP contribution in [0, 0.1) is 11.7 Å². The van der Waals surface area contributed by atoms with E-state index < -0.39 is 0 Å². The SMILES string of the molecule is O=C(NCC(c1ccc(F)cc1)N1CCOCC1)c1cccc(NC(=O)C2CCCCC2)c1. The molecule has 1 aliphatic heterocycles. The molecule has 2 fully saturated rings. The van der Waals surface area contributed by atoms with Gasteiger partial charge in [0.15, 0.2) is 0 Å². The minimum absolute atomic E-state index is 0.0379. The highest BCUT2D eigenvalue weighted by atomic mass is 19.1. The van der Waals surface area contributed by atoms with E-state index in [2.05, 4.69) is 15.5 Å². The number of amides is 2. The molecule has 1 atom stereocenters. The lowest BCUT2D eigenvalue weighted by Gasteiger charge is -2.35. The first-order chi connectivity index (χ1) is 16.1. The summed E-state index contributed by atoms with van der Waals surface area (Å²) >= 11 is 0. The third-order valence-electron chi connectivity index (χ3n) is 6.57. The van der Waals surface area contributed by atoms with E-state index in [1.54, 1.807) is 30.3 Å². The molecule has 1 heterocycles. The summed E-state index contributed by atoms with van der Waals surface area (Å²) in [5.41, 5.74) is 2.09. The molecule has 2 aromatic rings. The number of nitrogens with zero attached hydrogens (tertiary/aromatic N) is 1. The van der Waals surface area contributed by atoms with Crippen LogP contribution in [0.2, 0.25) is 0 Å². The van der Waals surface area contributed by atoms with Crippen LogP contribution in [0.3, 0.4) is 0 Å². The summed E-state index contributed by atoms with van der Waals surface area (Å²) in [7, 11) is 0. The van der Waals surface area contributed by atoms with Crippen LogP contribution in [0.5, 0.6) is 0 Å². The highest BCUT2D eigenvalue weighted by Gasteiger charge is 2.24. The first-order valence-electron chi connectivity index (χ1n) is 11.9. The lowest BCUT2D eigenvalue weighted by atomic mass is 9.88. The quantitative estimate of drug-likeness (QED) is 0.661. The van der Waals surface area contributed by atoms with Gasteiger partial charge in [-0.2, -0.15) is 0 Å². The van der Waals surface area contributed by atoms with Crippen LogP contribution in [-0.4, -0.2) is 49.6 Å². The Labute approximate surface area is 194 Å². The molecule has 33 heavy (non-hydrogen) atoms. The van der Waals surface area contributed by atoms with Crippen LogP contribution in [0.1, 0.15) is 54.1 Å². The number of benzene rings is 2. The fraction of sp³-hybridized carbons (Fsp3) is 0.462. The summed E-state index contributed by atoms with van der Waals surface area (Å²) in [5, 5.41) is 6.00. The van der Waals surface area contributed by atoms with Crippen molar-refractivity contribution in [2.45, 2.75) is 38.1 Å². The van der Waals surface area contributed by atoms with Crippen molar-refractivity contribution in [1.29, 1.82) is 0 Å². The number of nitrogens with one attached hydrogen (secondary N) is 2. The van der Waals surface area contributed by atoms with E-state index in [-0.39, 0.29) is 29.6 Å². The molecule has 1 saturated heterocycles. The molecule has 7 heteroatoms. The van der Waals surface area contributed by atoms with E-state index in [1.807, 2.05) is 6.07 Å². The summed E-state index contributed by atoms with van der Waals surface area (Å²) in [6.07, 6.45) is 5.25. The third-order valence-corrected chi connectivity index (χ3v) is 6.57. The van der Waals surface area contributed by atoms with Crippen molar-refractivity contribution in [2.75, 3.05) is 38.2 Å². The Hall–Kier alpha value is -2.77. The molecule has 1 unspecified atom stereocenters. The predicted octanol–water partition coefficient (Wildman–Crippen LogP) is 4.15. The third kappa shape index (κ3) is 6.39. The van der Waals surface area contributed by atoms with Crippen LogP contribution >= 0.6 is 0 Å². The van der Waals surface area contributed by atoms with E-state index in [1.165, 1.54) is 18.6 Å². The van der Waals surface area contributed by atoms with Gasteiger partial charge in [0.1, 0.15) is 5.82 Å². The van der Waals surface area contributed by atoms with Crippen molar-refractivity contribution < 1.29 is 18.7 Å². The molecule has 2 aliphatic rings. The molecule has 176 valence electrons. The van der Waals surface area contributed by atoms with Crippen molar-refractivity contribution in [3.63, 3.8) is 0 Å². The van der Waals surface area contributed by atoms with Crippen molar-refractivity contribution in [3.8, 4) is 0 Å². The average Bonchev–Trinajstić information content (AvgIpc) is 2.86. The van der Waals surface area contributed by atoms with Gasteiger partial charge in [-0.15, -0.1) is 0 Å². The predicted molar refractivity (Wildman–Crippen MR) is 126 cm³/mol. The van der Waals surface area contributed by atoms with Gasteiger partial charge in [-0.3, -0.25) is 14.5 Å². The Kier molecular flexibility index (Phi) is 8.07. The fourth-order valence-corrected chi connectivity index (χ4v) is 4.67. The zero-order valence-corrected chi connectivity index (χ0v) is 18.9. The zero-order chi connectivity index (χ0) is 23.0. The minimum Gasteiger partial charge on any atom is -0.379 e. The van der Waals surface area contributed by atoms with E-state index >= 15 is 0 Å². The van der Waals surface area contributed by atoms with Gasteiger partial charge in [0.2, 0.25) is 5.91 Å². The van der Waals surface area contributed by atoms with Gasteiger partial charge in [-0.05, 0) is 48.7 Å². The lowest BCUT2D eigenvalue weighted by molar-refractivity contribution is -0.120. The monoisotopic (exact) mass is 453 g/mol. The number of carbonyl (C=O) groups is 2. The van der Waals surface area contributed by atoms with Gasteiger partial charge in [-0.1, -0.05) is 37.5 Å². The molecule has 1 saturated carbocycles. The van der Waals surface area contributed by atoms with Crippen LogP contribution in [0.15, 0.2) is 48.5 Å². The maximum absolute atomic E-state index is 13.4. The van der Waals surface area contributed by atoms with Gasteiger partial charge in [-0.25, -0.2) is 4.39 Å². The second-order valence-corrected chi connectivity index (χ2v) is 8.83. The zero-order valence-electron chi connectivity index (χ0n) is 18.9. The molecule has 0 aromatic heterocycles. The van der Waals surface area contributed by atoms with E-state index in [0.717, 1.165) is 44.3 Å². The molecule has 1 aliphatic carbocycles. The fourth-order valence-electron chi connectivity index (χ4n) is 4.67. The Balaban J connectivity index is 1.40. The Morgan fingerprint density at radius 3 is 2.48 bits per heavy atom. The number of halogens is 1. The van der Waals surface area contributed by atoms with Gasteiger partial charge in [0.25, 0.3) is 5.91 Å². The van der Waals surface area contributed by atoms with E-state index in [0.29, 0.717) is 31.0 Å². The molecule has 0 spiro atoms. The molecule has 2 N–H and O–H groups in total. The molecule has 4 rings (SSSR count). The highest BCUT2D eigenvalue weighted by Crippen LogP contribution is 2.25. The standard InChI is InChI=1S/C26H32FN3O3/c27-22-11-9-19(10-12-22)24(30-13-15-33-16-14-30)18-28-25(31)21-7-4-8-23(17-21)29-26(32)20-5-2-1-3-6-20/h4,7-12,17,20,24H,1-3,5-6,13-16,18H2,(H,28,31)(H,29,32). The van der Waals surface area contributed by atoms with Crippen LogP contribution in [0.4, 0.5) is 10.1 Å². The van der Waals surface area contributed by atoms with Crippen LogP contribution < -0.4 is 10.6 Å². The first-order valence-corrected chi connectivity index (χ1v) is 11.9. The van der Waals surface area contributed by atoms with Crippen molar-refractivity contribution in [2.24, 2.45) is 5.92 Å². The van der Waals surface area contributed by atoms with Crippen LogP contribution in [0.25, 0.3) is 0 Å². The Morgan fingerprint density at radius 1 is 1.03 bits per heavy atom. The van der Waals surface area contributed by atoms with E-state index in [4.69, 9.17) is 4.74 Å². The van der Waals surface area contributed by atoms with Crippen molar-refractivity contribution >= 4 is 17.5 Å². The number of hydrogen-bond donors (Lipinski definition) is 2. The number of ether oxygens (including phenoxy) is 1. The normalized spacial score (nSPS) is 18.5. The number of rotatable bonds is 7. The largest absolute Gasteiger partial charge is 0.379 e. The van der Waals surface area contributed by atoms with Gasteiger partial charge < -0.3 is 15.4 Å². The molecular weight excluding hydrogens is 421 g/mol. The van der Waals surface area contributed by atoms with Crippen molar-refractivity contribution in [1.82, 2.24) is 10.2 Å². The van der Waals surface area contributed by atoms with Gasteiger partial charge in [0, 0.05) is 36.8 Å². The summed E-state index contributed by atoms with van der Waals surface area (Å²) in [5.74, 6) is -0.392. The Morgan fingerprint density at radius 2 is 1.76 bits per heavy atom. The Bertz CT molecular complexity index is 938. The van der Waals surface area contributed by atoms with Gasteiger partial charge in [0.05, 0.1) is 19.3 Å². The maximum atomic E-state index is 13.4. The summed E-state index contributed by atoms with van der Waals surface area (Å²) in [4.78, 5) is 27.7. The molecule has 2 aromatic carbocycles. The smallest absolute Gasteiger partial charge is 0.251 e. The number of morpholine rings is 1. The second-order valence-electron chi connectivity index (χ2n) is 8.83. The summed E-state index contributed by atoms with van der Waals surface area (Å²) in [6.45, 7) is 3.16. The molecule has 0 bridgehead atoms. The molecular formula is C26H32FN3O3. The van der Waals surface area contributed by atoms with Gasteiger partial charge >= 0.3 is 0 Å². The molecule has 2 amide bonds. The summed E-state index contributed by atoms with van der Waals surface area (Å²) in [6, 6.07) is 13.4. The number of hydrogen-bond acceptors (Lipinski definition) is 4. The summed E-state index contributed by atoms with van der Waals surface area (Å²) < 4.78 is 18.9. The average molecular weight is 454 g/mol. The van der Waals surface area contributed by atoms with E-state index in [9.17, 15) is 14.0 Å². The molecule has 0 radical (unpaired) electrons. The van der Waals surface area contributed by atoms with Crippen LogP contribution in [-0.2, 0) is 9.53 Å². The number of carbonyl (C=O) groups excluding carboxylic acids is 2.